The Morgan fingerprint density at radius 3 is 2.40 bits per heavy atom. The van der Waals surface area contributed by atoms with E-state index in [1.54, 1.807) is 24.9 Å². The fraction of sp³-hybridized carbons (Fsp3) is 0.750. The third-order valence-corrected chi connectivity index (χ3v) is 4.17. The van der Waals surface area contributed by atoms with Crippen LogP contribution in [0.3, 0.4) is 0 Å². The highest BCUT2D eigenvalue weighted by Crippen LogP contribution is 2.38. The van der Waals surface area contributed by atoms with Gasteiger partial charge in [0.1, 0.15) is 6.33 Å². The number of rotatable bonds is 3. The van der Waals surface area contributed by atoms with E-state index >= 15 is 0 Å². The highest BCUT2D eigenvalue weighted by Gasteiger charge is 2.17. The first-order valence-electron chi connectivity index (χ1n) is 4.54. The summed E-state index contributed by atoms with van der Waals surface area (Å²) in [5.74, 6) is 0. The molecule has 0 fully saturated rings. The lowest BCUT2D eigenvalue weighted by atomic mass is 10.1. The molecule has 0 aliphatic carbocycles. The van der Waals surface area contributed by atoms with Gasteiger partial charge in [0.25, 0.3) is 0 Å². The van der Waals surface area contributed by atoms with Crippen molar-refractivity contribution in [2.24, 2.45) is 0 Å². The van der Waals surface area contributed by atoms with Crippen LogP contribution < -0.4 is 0 Å². The van der Waals surface area contributed by atoms with E-state index in [4.69, 9.17) is 24.0 Å². The molecule has 0 saturated heterocycles. The molecule has 0 unspecified atom stereocenters. The Bertz CT molecular complexity index is 451. The second-order valence-electron chi connectivity index (χ2n) is 4.52. The van der Waals surface area contributed by atoms with Crippen LogP contribution in [-0.4, -0.2) is 38.2 Å². The normalized spacial score (nSPS) is 13.1. The van der Waals surface area contributed by atoms with Crippen molar-refractivity contribution in [3.05, 3.63) is 11.1 Å². The molecule has 0 spiro atoms. The first-order chi connectivity index (χ1) is 6.61. The Morgan fingerprint density at radius 1 is 1.53 bits per heavy atom. The molecule has 1 aromatic heterocycles. The first-order valence-corrected chi connectivity index (χ1v) is 8.60. The molecule has 1 N–H and O–H groups in total. The van der Waals surface area contributed by atoms with Crippen LogP contribution in [0.1, 0.15) is 13.8 Å². The molecule has 0 amide bonds. The third-order valence-electron chi connectivity index (χ3n) is 1.77. The Labute approximate surface area is 100.0 Å². The van der Waals surface area contributed by atoms with Crippen LogP contribution in [0, 0.1) is 4.77 Å². The van der Waals surface area contributed by atoms with Gasteiger partial charge in [0.05, 0.1) is 12.1 Å². The van der Waals surface area contributed by atoms with Crippen molar-refractivity contribution < 1.29 is 5.11 Å². The fourth-order valence-corrected chi connectivity index (χ4v) is 3.23. The first kappa shape index (κ1) is 13.0. The number of nitrogens with zero attached hydrogens (tertiary/aromatic N) is 3. The molecule has 0 radical (unpaired) electrons. The van der Waals surface area contributed by atoms with Gasteiger partial charge in [-0.15, -0.1) is 0 Å². The maximum atomic E-state index is 9.67. The molecule has 0 aliphatic rings. The highest BCUT2D eigenvalue weighted by molar-refractivity contribution is 8.13. The maximum absolute atomic E-state index is 9.67. The number of hydrogen-bond donors (Lipinski definition) is 1. The van der Waals surface area contributed by atoms with Gasteiger partial charge in [-0.1, -0.05) is 11.8 Å². The van der Waals surface area contributed by atoms with Gasteiger partial charge in [-0.2, -0.15) is 5.10 Å². The molecule has 0 saturated carbocycles. The van der Waals surface area contributed by atoms with Crippen molar-refractivity contribution in [2.45, 2.75) is 26.0 Å². The van der Waals surface area contributed by atoms with Gasteiger partial charge >= 0.3 is 0 Å². The lowest BCUT2D eigenvalue weighted by molar-refractivity contribution is 0.0571. The van der Waals surface area contributed by atoms with Crippen LogP contribution in [0.5, 0.6) is 0 Å². The average molecular weight is 265 g/mol. The minimum Gasteiger partial charge on any atom is -0.389 e. The topological polar surface area (TPSA) is 43.0 Å². The summed E-state index contributed by atoms with van der Waals surface area (Å²) in [6.07, 6.45) is 0.0421. The molecule has 1 rings (SSSR count). The monoisotopic (exact) mass is 265 g/mol. The third kappa shape index (κ3) is 3.48. The van der Waals surface area contributed by atoms with Crippen LogP contribution in [0.25, 0.3) is 0 Å². The molecule has 1 heterocycles. The smallest absolute Gasteiger partial charge is 0.201 e. The molecule has 0 atom stereocenters. The van der Waals surface area contributed by atoms with E-state index in [0.717, 1.165) is 0 Å². The van der Waals surface area contributed by atoms with Crippen molar-refractivity contribution in [1.82, 2.24) is 14.1 Å². The van der Waals surface area contributed by atoms with E-state index in [-0.39, 0.29) is 0 Å². The Hall–Kier alpha value is -0.0300. The van der Waals surface area contributed by atoms with E-state index in [2.05, 4.69) is 5.10 Å². The minimum atomic E-state index is -1.62. The van der Waals surface area contributed by atoms with Crippen LogP contribution in [-0.2, 0) is 18.4 Å². The van der Waals surface area contributed by atoms with Crippen molar-refractivity contribution in [3.63, 3.8) is 0 Å². The predicted molar refractivity (Wildman–Crippen MR) is 68.9 cm³/mol. The van der Waals surface area contributed by atoms with Crippen LogP contribution in [0.4, 0.5) is 0 Å². The lowest BCUT2D eigenvalue weighted by Crippen LogP contribution is -2.26. The molecule has 0 aliphatic heterocycles. The van der Waals surface area contributed by atoms with E-state index in [1.165, 1.54) is 0 Å². The second-order valence-corrected chi connectivity index (χ2v) is 10.6. The van der Waals surface area contributed by atoms with E-state index in [9.17, 15) is 5.11 Å². The predicted octanol–water partition coefficient (Wildman–Crippen LogP) is 1.69. The summed E-state index contributed by atoms with van der Waals surface area (Å²) in [4.78, 5) is 0. The lowest BCUT2D eigenvalue weighted by Gasteiger charge is -2.16. The second kappa shape index (κ2) is 4.09. The molecule has 15 heavy (non-hydrogen) atoms. The summed E-state index contributed by atoms with van der Waals surface area (Å²) >= 11 is 10.6. The zero-order chi connectivity index (χ0) is 11.9. The van der Waals surface area contributed by atoms with Gasteiger partial charge in [0, 0.05) is 6.19 Å². The summed E-state index contributed by atoms with van der Waals surface area (Å²) in [6, 6.07) is 0. The van der Waals surface area contributed by atoms with Crippen molar-refractivity contribution in [2.75, 3.05) is 13.3 Å². The maximum Gasteiger partial charge on any atom is 0.201 e. The molecule has 7 heteroatoms. The Morgan fingerprint density at radius 2 is 2.07 bits per heavy atom. The van der Waals surface area contributed by atoms with Crippen LogP contribution in [0.2, 0.25) is 0 Å². The summed E-state index contributed by atoms with van der Waals surface area (Å²) in [5.41, 5.74) is -0.818. The molecule has 1 aromatic rings. The van der Waals surface area contributed by atoms with E-state index < -0.39 is 11.8 Å². The Balaban J connectivity index is 3.12. The largest absolute Gasteiger partial charge is 0.389 e. The molecule has 4 nitrogen and oxygen atoms in total. The zero-order valence-electron chi connectivity index (χ0n) is 9.34. The standard InChI is InChI=1S/C8H16N3OPS2/c1-8(2,12)5-10-7(14)11(6-9-10)13(3,4)15/h6,12H,5H2,1-4H3. The van der Waals surface area contributed by atoms with E-state index in [1.807, 2.05) is 17.7 Å². The van der Waals surface area contributed by atoms with Gasteiger partial charge in [0.2, 0.25) is 4.77 Å². The molecule has 0 bridgehead atoms. The van der Waals surface area contributed by atoms with Gasteiger partial charge in [-0.05, 0) is 39.4 Å². The number of aliphatic hydroxyl groups is 1. The molecule has 0 aromatic carbocycles. The summed E-state index contributed by atoms with van der Waals surface area (Å²) in [7, 11) is 0. The minimum absolute atomic E-state index is 0.383. The van der Waals surface area contributed by atoms with Gasteiger partial charge in [-0.25, -0.2) is 4.68 Å². The van der Waals surface area contributed by atoms with Crippen LogP contribution in [0.15, 0.2) is 6.33 Å². The average Bonchev–Trinajstić information content (AvgIpc) is 2.27. The summed E-state index contributed by atoms with van der Waals surface area (Å²) in [6.45, 7) is 7.82. The van der Waals surface area contributed by atoms with Crippen molar-refractivity contribution in [3.8, 4) is 0 Å². The zero-order valence-corrected chi connectivity index (χ0v) is 11.9. The quantitative estimate of drug-likeness (QED) is 0.667. The fourth-order valence-electron chi connectivity index (χ4n) is 1.13. The number of hydrogen-bond acceptors (Lipinski definition) is 4. The molecular weight excluding hydrogens is 249 g/mol. The summed E-state index contributed by atoms with van der Waals surface area (Å²) < 4.78 is 4.05. The van der Waals surface area contributed by atoms with Crippen molar-refractivity contribution >= 4 is 30.2 Å². The molecule has 86 valence electrons. The Kier molecular flexibility index (Phi) is 3.55. The number of aromatic nitrogens is 3. The highest BCUT2D eigenvalue weighted by atomic mass is 32.4. The van der Waals surface area contributed by atoms with Gasteiger partial charge in [0.15, 0.2) is 0 Å². The van der Waals surface area contributed by atoms with Gasteiger partial charge < -0.3 is 5.11 Å². The van der Waals surface area contributed by atoms with Crippen LogP contribution >= 0.6 is 18.4 Å². The van der Waals surface area contributed by atoms with Gasteiger partial charge in [-0.3, -0.25) is 4.34 Å². The van der Waals surface area contributed by atoms with E-state index in [0.29, 0.717) is 11.3 Å². The van der Waals surface area contributed by atoms with Crippen molar-refractivity contribution in [1.29, 1.82) is 0 Å². The summed E-state index contributed by atoms with van der Waals surface area (Å²) in [5, 5.41) is 13.8. The SMILES string of the molecule is CC(C)(O)Cn1ncn(P(C)(C)=S)c1=S. The molecular formula is C8H16N3OPS2.